The number of piperidine rings is 1. The van der Waals surface area contributed by atoms with E-state index < -0.39 is 23.2 Å². The van der Waals surface area contributed by atoms with Crippen LogP contribution in [0.4, 0.5) is 0 Å². The third kappa shape index (κ3) is 2.98. The third-order valence-corrected chi connectivity index (χ3v) is 11.7. The molecule has 1 aliphatic heterocycles. The van der Waals surface area contributed by atoms with Crippen molar-refractivity contribution in [3.63, 3.8) is 0 Å². The van der Waals surface area contributed by atoms with Gasteiger partial charge in [-0.25, -0.2) is 0 Å². The SMILES string of the molecule is CCN1C[C@]2(COC)CCC(O)C34[C@@H]5CC6C(OC(C)=O)[C@@H]5[C@](OC(C)=O)(C[C@@H]6OC)[C@@H](C(OC)[C@@H]32)[C@@H]14. The number of methoxy groups -OCH3 is 3. The highest BCUT2D eigenvalue weighted by molar-refractivity contribution is 5.68. The summed E-state index contributed by atoms with van der Waals surface area (Å²) in [6.07, 6.45) is 1.46. The van der Waals surface area contributed by atoms with Gasteiger partial charge in [0.25, 0.3) is 0 Å². The summed E-state index contributed by atoms with van der Waals surface area (Å²) in [5.41, 5.74) is -1.57. The molecule has 0 radical (unpaired) electrons. The maximum Gasteiger partial charge on any atom is 0.303 e. The van der Waals surface area contributed by atoms with E-state index in [1.807, 2.05) is 0 Å². The van der Waals surface area contributed by atoms with Crippen LogP contribution >= 0.6 is 0 Å². The Morgan fingerprint density at radius 1 is 1.05 bits per heavy atom. The number of carbonyl (C=O) groups is 2. The van der Waals surface area contributed by atoms with E-state index >= 15 is 0 Å². The lowest BCUT2D eigenvalue weighted by atomic mass is 9.43. The van der Waals surface area contributed by atoms with Crippen LogP contribution in [0.3, 0.4) is 0 Å². The Hall–Kier alpha value is -1.26. The molecular formula is C28H43NO8. The van der Waals surface area contributed by atoms with Gasteiger partial charge in [-0.05, 0) is 31.7 Å². The number of fused-ring (bicyclic) bond motifs is 2. The summed E-state index contributed by atoms with van der Waals surface area (Å²) in [6, 6.07) is -0.0133. The van der Waals surface area contributed by atoms with E-state index in [4.69, 9.17) is 23.7 Å². The van der Waals surface area contributed by atoms with Gasteiger partial charge in [0.1, 0.15) is 11.7 Å². The minimum absolute atomic E-state index is 0.00590. The first kappa shape index (κ1) is 26.0. The molecule has 7 bridgehead atoms. The predicted molar refractivity (Wildman–Crippen MR) is 131 cm³/mol. The highest BCUT2D eigenvalue weighted by atomic mass is 16.6. The van der Waals surface area contributed by atoms with Gasteiger partial charge >= 0.3 is 11.9 Å². The molecule has 9 heteroatoms. The van der Waals surface area contributed by atoms with Crippen molar-refractivity contribution >= 4 is 11.9 Å². The molecule has 6 aliphatic rings. The number of hydrogen-bond acceptors (Lipinski definition) is 9. The molecule has 37 heavy (non-hydrogen) atoms. The average Bonchev–Trinajstić information content (AvgIpc) is 3.27. The molecule has 1 heterocycles. The number of likely N-dealkylation sites (tertiary alicyclic amines) is 1. The average molecular weight is 522 g/mol. The summed E-state index contributed by atoms with van der Waals surface area (Å²) in [7, 11) is 5.22. The minimum Gasteiger partial charge on any atom is -0.462 e. The number of hydrogen-bond donors (Lipinski definition) is 1. The molecule has 5 saturated carbocycles. The molecule has 1 saturated heterocycles. The molecule has 0 aromatic heterocycles. The highest BCUT2D eigenvalue weighted by Crippen LogP contribution is 2.80. The van der Waals surface area contributed by atoms with Crippen LogP contribution in [-0.2, 0) is 33.3 Å². The largest absolute Gasteiger partial charge is 0.462 e. The second kappa shape index (κ2) is 8.62. The summed E-state index contributed by atoms with van der Waals surface area (Å²) >= 11 is 0. The van der Waals surface area contributed by atoms with Crippen molar-refractivity contribution < 1.29 is 38.4 Å². The number of aliphatic hydroxyl groups is 1. The summed E-state index contributed by atoms with van der Waals surface area (Å²) in [4.78, 5) is 27.8. The topological polar surface area (TPSA) is 104 Å². The smallest absolute Gasteiger partial charge is 0.303 e. The van der Waals surface area contributed by atoms with Crippen molar-refractivity contribution in [2.75, 3.05) is 41.0 Å². The number of ether oxygens (including phenoxy) is 5. The summed E-state index contributed by atoms with van der Waals surface area (Å²) in [5, 5.41) is 12.1. The molecule has 208 valence electrons. The van der Waals surface area contributed by atoms with E-state index in [-0.39, 0.29) is 65.2 Å². The van der Waals surface area contributed by atoms with Crippen LogP contribution in [0.15, 0.2) is 0 Å². The van der Waals surface area contributed by atoms with Crippen LogP contribution in [0.5, 0.6) is 0 Å². The van der Waals surface area contributed by atoms with Crippen LogP contribution in [0, 0.1) is 40.4 Å². The Bertz CT molecular complexity index is 960. The first-order valence-corrected chi connectivity index (χ1v) is 14.0. The van der Waals surface area contributed by atoms with Crippen LogP contribution in [0.2, 0.25) is 0 Å². The molecule has 0 amide bonds. The number of esters is 2. The fourth-order valence-corrected chi connectivity index (χ4v) is 11.4. The van der Waals surface area contributed by atoms with Crippen molar-refractivity contribution in [3.8, 4) is 0 Å². The van der Waals surface area contributed by atoms with E-state index in [1.165, 1.54) is 13.8 Å². The van der Waals surface area contributed by atoms with Crippen LogP contribution in [-0.4, -0.2) is 99.0 Å². The number of nitrogens with zero attached hydrogens (tertiary/aromatic N) is 1. The molecule has 5 aliphatic carbocycles. The Morgan fingerprint density at radius 3 is 2.41 bits per heavy atom. The fourth-order valence-electron chi connectivity index (χ4n) is 11.4. The van der Waals surface area contributed by atoms with E-state index in [9.17, 15) is 14.7 Å². The van der Waals surface area contributed by atoms with Crippen molar-refractivity contribution in [2.24, 2.45) is 40.4 Å². The fraction of sp³-hybridized carbons (Fsp3) is 0.929. The molecular weight excluding hydrogens is 478 g/mol. The Balaban J connectivity index is 1.65. The van der Waals surface area contributed by atoms with Crippen LogP contribution < -0.4 is 0 Å². The zero-order valence-corrected chi connectivity index (χ0v) is 23.0. The minimum atomic E-state index is -0.922. The number of carbonyl (C=O) groups excluding carboxylic acids is 2. The van der Waals surface area contributed by atoms with Crippen molar-refractivity contribution in [3.05, 3.63) is 0 Å². The summed E-state index contributed by atoms with van der Waals surface area (Å²) in [5.74, 6) is -1.05. The molecule has 9 nitrogen and oxygen atoms in total. The van der Waals surface area contributed by atoms with Gasteiger partial charge in [-0.3, -0.25) is 14.5 Å². The molecule has 1 spiro atoms. The molecule has 1 N–H and O–H groups in total. The van der Waals surface area contributed by atoms with E-state index in [0.29, 0.717) is 19.4 Å². The third-order valence-electron chi connectivity index (χ3n) is 11.7. The molecule has 5 unspecified atom stereocenters. The van der Waals surface area contributed by atoms with Gasteiger partial charge in [0.15, 0.2) is 0 Å². The summed E-state index contributed by atoms with van der Waals surface area (Å²) in [6.45, 7) is 7.38. The monoisotopic (exact) mass is 521 g/mol. The molecule has 6 fully saturated rings. The van der Waals surface area contributed by atoms with Crippen LogP contribution in [0.25, 0.3) is 0 Å². The van der Waals surface area contributed by atoms with E-state index in [1.54, 1.807) is 21.3 Å². The van der Waals surface area contributed by atoms with E-state index in [0.717, 1.165) is 25.9 Å². The lowest BCUT2D eigenvalue weighted by molar-refractivity contribution is -0.278. The second-order valence-corrected chi connectivity index (χ2v) is 12.7. The maximum absolute atomic E-state index is 12.9. The second-order valence-electron chi connectivity index (χ2n) is 12.7. The number of aliphatic hydroxyl groups excluding tert-OH is 1. The van der Waals surface area contributed by atoms with Crippen molar-refractivity contribution in [2.45, 2.75) is 82.5 Å². The molecule has 0 aromatic rings. The first-order chi connectivity index (χ1) is 17.7. The Morgan fingerprint density at radius 2 is 1.81 bits per heavy atom. The quantitative estimate of drug-likeness (QED) is 0.501. The number of rotatable bonds is 7. The van der Waals surface area contributed by atoms with Gasteiger partial charge in [0.05, 0.1) is 24.9 Å². The predicted octanol–water partition coefficient (Wildman–Crippen LogP) is 1.64. The van der Waals surface area contributed by atoms with Gasteiger partial charge in [0, 0.05) is 88.7 Å². The van der Waals surface area contributed by atoms with Gasteiger partial charge in [-0.1, -0.05) is 6.92 Å². The van der Waals surface area contributed by atoms with Crippen LogP contribution in [0.1, 0.15) is 46.5 Å². The van der Waals surface area contributed by atoms with Gasteiger partial charge < -0.3 is 28.8 Å². The van der Waals surface area contributed by atoms with Gasteiger partial charge in [-0.15, -0.1) is 0 Å². The molecule has 13 atom stereocenters. The zero-order valence-electron chi connectivity index (χ0n) is 23.0. The summed E-state index contributed by atoms with van der Waals surface area (Å²) < 4.78 is 31.0. The normalized spacial score (nSPS) is 53.2. The first-order valence-electron chi connectivity index (χ1n) is 14.0. The zero-order chi connectivity index (χ0) is 26.5. The Labute approximate surface area is 219 Å². The van der Waals surface area contributed by atoms with Gasteiger partial charge in [-0.2, -0.15) is 0 Å². The Kier molecular flexibility index (Phi) is 6.05. The lowest BCUT2D eigenvalue weighted by Crippen LogP contribution is -2.76. The van der Waals surface area contributed by atoms with Gasteiger partial charge in [0.2, 0.25) is 0 Å². The van der Waals surface area contributed by atoms with E-state index in [2.05, 4.69) is 11.8 Å². The highest BCUT2D eigenvalue weighted by Gasteiger charge is 2.87. The molecule has 0 aromatic carbocycles. The van der Waals surface area contributed by atoms with Crippen molar-refractivity contribution in [1.29, 1.82) is 0 Å². The van der Waals surface area contributed by atoms with Crippen molar-refractivity contribution in [1.82, 2.24) is 4.90 Å². The lowest BCUT2D eigenvalue weighted by Gasteiger charge is -2.69. The maximum atomic E-state index is 12.9. The standard InChI is InChI=1S/C28H43NO8/c1-7-29-12-26(13-33-4)9-8-19(32)28-17-10-16-18(34-5)11-27(37-15(3)31,20(17)22(16)36-14(2)30)21(25(28)29)23(35-6)24(26)28/h16-25,32H,7-13H2,1-6H3/t16?,17-,18+,19?,20-,21+,22?,23?,24-,25-,26+,27-,28?/m1/s1. The molecule has 6 rings (SSSR count).